The van der Waals surface area contributed by atoms with Gasteiger partial charge in [-0.25, -0.2) is 13.1 Å². The second kappa shape index (κ2) is 8.72. The van der Waals surface area contributed by atoms with Crippen molar-refractivity contribution in [3.05, 3.63) is 24.3 Å². The quantitative estimate of drug-likeness (QED) is 0.856. The Kier molecular flexibility index (Phi) is 7.62. The molecule has 0 unspecified atom stereocenters. The number of halogens is 1. The van der Waals surface area contributed by atoms with Crippen molar-refractivity contribution in [3.8, 4) is 5.75 Å². The summed E-state index contributed by atoms with van der Waals surface area (Å²) in [7, 11) is -1.88. The van der Waals surface area contributed by atoms with Gasteiger partial charge in [0.15, 0.2) is 0 Å². The number of hydrogen-bond donors (Lipinski definition) is 1. The minimum absolute atomic E-state index is 0. The molecule has 0 radical (unpaired) electrons. The van der Waals surface area contributed by atoms with Crippen molar-refractivity contribution in [3.63, 3.8) is 0 Å². The number of piperidine rings is 1. The summed E-state index contributed by atoms with van der Waals surface area (Å²) in [5, 5.41) is 0. The number of likely N-dealkylation sites (tertiary alicyclic amines) is 1. The van der Waals surface area contributed by atoms with Gasteiger partial charge < -0.3 is 9.64 Å². The summed E-state index contributed by atoms with van der Waals surface area (Å²) in [5.41, 5.74) is 0. The minimum Gasteiger partial charge on any atom is -0.497 e. The third kappa shape index (κ3) is 5.12. The molecule has 0 spiro atoms. The Morgan fingerprint density at radius 2 is 1.82 bits per heavy atom. The van der Waals surface area contributed by atoms with Crippen LogP contribution in [0.25, 0.3) is 0 Å². The van der Waals surface area contributed by atoms with E-state index in [9.17, 15) is 8.42 Å². The fourth-order valence-electron chi connectivity index (χ4n) is 2.63. The molecule has 0 amide bonds. The van der Waals surface area contributed by atoms with Crippen LogP contribution in [-0.4, -0.2) is 46.1 Å². The second-order valence-electron chi connectivity index (χ2n) is 5.41. The zero-order valence-electron chi connectivity index (χ0n) is 13.1. The molecule has 1 N–H and O–H groups in total. The van der Waals surface area contributed by atoms with E-state index in [0.717, 1.165) is 38.9 Å². The van der Waals surface area contributed by atoms with Crippen LogP contribution in [0.1, 0.15) is 26.2 Å². The lowest BCUT2D eigenvalue weighted by molar-refractivity contribution is 0.208. The highest BCUT2D eigenvalue weighted by atomic mass is 35.5. The van der Waals surface area contributed by atoms with Gasteiger partial charge in [0, 0.05) is 6.04 Å². The molecule has 1 aromatic carbocycles. The Balaban J connectivity index is 0.00000242. The first-order chi connectivity index (χ1) is 10.0. The van der Waals surface area contributed by atoms with E-state index < -0.39 is 10.0 Å². The first-order valence-corrected chi connectivity index (χ1v) is 8.92. The van der Waals surface area contributed by atoms with Gasteiger partial charge in [-0.05, 0) is 63.2 Å². The van der Waals surface area contributed by atoms with Crippen molar-refractivity contribution >= 4 is 22.4 Å². The Bertz CT molecular complexity index is 540. The third-order valence-corrected chi connectivity index (χ3v) is 5.36. The van der Waals surface area contributed by atoms with Gasteiger partial charge >= 0.3 is 0 Å². The van der Waals surface area contributed by atoms with Gasteiger partial charge in [0.25, 0.3) is 0 Å². The average Bonchev–Trinajstić information content (AvgIpc) is 2.49. The molecule has 0 atom stereocenters. The molecule has 0 aliphatic carbocycles. The van der Waals surface area contributed by atoms with Crippen LogP contribution in [0.2, 0.25) is 0 Å². The van der Waals surface area contributed by atoms with Gasteiger partial charge in [-0.2, -0.15) is 0 Å². The van der Waals surface area contributed by atoms with Crippen LogP contribution in [-0.2, 0) is 10.0 Å². The molecule has 1 aliphatic rings. The molecule has 1 aliphatic heterocycles. The lowest BCUT2D eigenvalue weighted by Crippen LogP contribution is -2.44. The number of hydrogen-bond acceptors (Lipinski definition) is 4. The topological polar surface area (TPSA) is 58.6 Å². The number of nitrogens with one attached hydrogen (secondary N) is 1. The smallest absolute Gasteiger partial charge is 0.240 e. The number of ether oxygens (including phenoxy) is 1. The fourth-order valence-corrected chi connectivity index (χ4v) is 3.94. The zero-order chi connectivity index (χ0) is 15.3. The van der Waals surface area contributed by atoms with Crippen LogP contribution in [0.4, 0.5) is 0 Å². The van der Waals surface area contributed by atoms with Gasteiger partial charge in [0.1, 0.15) is 5.75 Å². The molecule has 5 nitrogen and oxygen atoms in total. The summed E-state index contributed by atoms with van der Waals surface area (Å²) in [4.78, 5) is 2.68. The van der Waals surface area contributed by atoms with E-state index >= 15 is 0 Å². The zero-order valence-corrected chi connectivity index (χ0v) is 14.8. The van der Waals surface area contributed by atoms with E-state index in [-0.39, 0.29) is 18.4 Å². The SMILES string of the molecule is CCCN1CCC(NS(=O)(=O)c2ccc(OC)cc2)CC1.Cl. The van der Waals surface area contributed by atoms with Crippen molar-refractivity contribution in [1.29, 1.82) is 0 Å². The highest BCUT2D eigenvalue weighted by Crippen LogP contribution is 2.18. The lowest BCUT2D eigenvalue weighted by Gasteiger charge is -2.31. The predicted octanol–water partition coefficient (Wildman–Crippen LogP) is 2.27. The molecule has 7 heteroatoms. The molecule has 2 rings (SSSR count). The summed E-state index contributed by atoms with van der Waals surface area (Å²) < 4.78 is 32.5. The fraction of sp³-hybridized carbons (Fsp3) is 0.600. The van der Waals surface area contributed by atoms with Crippen LogP contribution >= 0.6 is 12.4 Å². The van der Waals surface area contributed by atoms with Crippen LogP contribution in [0.15, 0.2) is 29.2 Å². The first-order valence-electron chi connectivity index (χ1n) is 7.44. The number of rotatable bonds is 6. The van der Waals surface area contributed by atoms with Crippen molar-refractivity contribution in [2.24, 2.45) is 0 Å². The second-order valence-corrected chi connectivity index (χ2v) is 7.13. The Morgan fingerprint density at radius 3 is 2.32 bits per heavy atom. The minimum atomic E-state index is -3.44. The summed E-state index contributed by atoms with van der Waals surface area (Å²) in [6, 6.07) is 6.52. The van der Waals surface area contributed by atoms with E-state index in [2.05, 4.69) is 16.5 Å². The van der Waals surface area contributed by atoms with Gasteiger partial charge in [0.2, 0.25) is 10.0 Å². The van der Waals surface area contributed by atoms with Crippen molar-refractivity contribution in [2.45, 2.75) is 37.1 Å². The van der Waals surface area contributed by atoms with E-state index in [1.54, 1.807) is 31.4 Å². The van der Waals surface area contributed by atoms with Crippen molar-refractivity contribution in [1.82, 2.24) is 9.62 Å². The monoisotopic (exact) mass is 348 g/mol. The van der Waals surface area contributed by atoms with Gasteiger partial charge in [0.05, 0.1) is 12.0 Å². The van der Waals surface area contributed by atoms with Crippen molar-refractivity contribution in [2.75, 3.05) is 26.7 Å². The summed E-state index contributed by atoms with van der Waals surface area (Å²) >= 11 is 0. The number of methoxy groups -OCH3 is 1. The average molecular weight is 349 g/mol. The summed E-state index contributed by atoms with van der Waals surface area (Å²) in [5.74, 6) is 0.654. The molecule has 1 heterocycles. The summed E-state index contributed by atoms with van der Waals surface area (Å²) in [6.07, 6.45) is 2.88. The van der Waals surface area contributed by atoms with E-state index in [1.165, 1.54) is 0 Å². The lowest BCUT2D eigenvalue weighted by atomic mass is 10.1. The number of nitrogens with zero attached hydrogens (tertiary/aromatic N) is 1. The normalized spacial score (nSPS) is 17.0. The predicted molar refractivity (Wildman–Crippen MR) is 90.3 cm³/mol. The van der Waals surface area contributed by atoms with E-state index in [4.69, 9.17) is 4.74 Å². The van der Waals surface area contributed by atoms with E-state index in [0.29, 0.717) is 10.6 Å². The van der Waals surface area contributed by atoms with Gasteiger partial charge in [-0.3, -0.25) is 0 Å². The third-order valence-electron chi connectivity index (χ3n) is 3.82. The number of sulfonamides is 1. The Labute approximate surface area is 139 Å². The van der Waals surface area contributed by atoms with Gasteiger partial charge in [-0.15, -0.1) is 12.4 Å². The van der Waals surface area contributed by atoms with Crippen LogP contribution in [0, 0.1) is 0 Å². The van der Waals surface area contributed by atoms with Gasteiger partial charge in [-0.1, -0.05) is 6.92 Å². The maximum Gasteiger partial charge on any atom is 0.240 e. The highest BCUT2D eigenvalue weighted by Gasteiger charge is 2.24. The van der Waals surface area contributed by atoms with Crippen LogP contribution in [0.5, 0.6) is 5.75 Å². The molecular formula is C15H25ClN2O3S. The molecule has 1 fully saturated rings. The maximum atomic E-state index is 12.3. The maximum absolute atomic E-state index is 12.3. The standard InChI is InChI=1S/C15H24N2O3S.ClH/c1-3-10-17-11-8-13(9-12-17)16-21(18,19)15-6-4-14(20-2)5-7-15;/h4-7,13,16H,3,8-12H2,1-2H3;1H. The number of benzene rings is 1. The van der Waals surface area contributed by atoms with Crippen LogP contribution < -0.4 is 9.46 Å². The molecular weight excluding hydrogens is 324 g/mol. The summed E-state index contributed by atoms with van der Waals surface area (Å²) in [6.45, 7) is 5.18. The first kappa shape index (κ1) is 19.2. The molecule has 0 saturated carbocycles. The molecule has 1 saturated heterocycles. The Hall–Kier alpha value is -0.820. The van der Waals surface area contributed by atoms with Crippen LogP contribution in [0.3, 0.4) is 0 Å². The van der Waals surface area contributed by atoms with Crippen molar-refractivity contribution < 1.29 is 13.2 Å². The van der Waals surface area contributed by atoms with E-state index in [1.807, 2.05) is 0 Å². The molecule has 126 valence electrons. The Morgan fingerprint density at radius 1 is 1.23 bits per heavy atom. The molecule has 22 heavy (non-hydrogen) atoms. The molecule has 0 bridgehead atoms. The largest absolute Gasteiger partial charge is 0.497 e. The molecule has 0 aromatic heterocycles. The molecule has 1 aromatic rings. The highest BCUT2D eigenvalue weighted by molar-refractivity contribution is 7.89.